The number of alkyl halides is 1. The molecule has 3 atom stereocenters. The first-order valence-corrected chi connectivity index (χ1v) is 9.49. The Morgan fingerprint density at radius 2 is 2.07 bits per heavy atom. The van der Waals surface area contributed by atoms with Crippen molar-refractivity contribution in [2.45, 2.75) is 44.4 Å². The van der Waals surface area contributed by atoms with Crippen molar-refractivity contribution < 1.29 is 18.7 Å². The van der Waals surface area contributed by atoms with Crippen LogP contribution in [0.5, 0.6) is 0 Å². The molecule has 5 rings (SSSR count). The zero-order chi connectivity index (χ0) is 20.0. The number of carbonyl (C=O) groups is 1. The predicted molar refractivity (Wildman–Crippen MR) is 100 cm³/mol. The fraction of sp³-hybridized carbons (Fsp3) is 0.500. The Morgan fingerprint density at radius 1 is 1.39 bits per heavy atom. The topological polar surface area (TPSA) is 88.6 Å². The van der Waals surface area contributed by atoms with Crippen LogP contribution >= 0.6 is 0 Å². The van der Waals surface area contributed by atoms with Crippen LogP contribution in [-0.2, 0) is 0 Å². The van der Waals surface area contributed by atoms with E-state index in [1.54, 1.807) is 6.07 Å². The molecule has 6 nitrogen and oxygen atoms in total. The normalized spacial score (nSPS) is 27.6. The number of fused-ring (bicyclic) bond motifs is 1. The van der Waals surface area contributed by atoms with Gasteiger partial charge < -0.3 is 20.3 Å². The highest BCUT2D eigenvalue weighted by molar-refractivity contribution is 5.95. The molecule has 3 fully saturated rings. The number of rotatable bonds is 3. The largest absolute Gasteiger partial charge is 0.477 e. The van der Waals surface area contributed by atoms with Gasteiger partial charge in [-0.15, -0.1) is 0 Å². The molecule has 1 unspecified atom stereocenters. The van der Waals surface area contributed by atoms with Crippen LogP contribution in [0.15, 0.2) is 17.1 Å². The maximum atomic E-state index is 15.3. The van der Waals surface area contributed by atoms with Gasteiger partial charge in [-0.05, 0) is 25.8 Å². The first-order valence-electron chi connectivity index (χ1n) is 9.49. The number of hydrogen-bond donors (Lipinski definition) is 2. The smallest absolute Gasteiger partial charge is 0.341 e. The highest BCUT2D eigenvalue weighted by Crippen LogP contribution is 2.53. The molecule has 1 aromatic heterocycles. The van der Waals surface area contributed by atoms with Gasteiger partial charge >= 0.3 is 5.97 Å². The molecule has 0 radical (unpaired) electrons. The molecule has 0 amide bonds. The predicted octanol–water partition coefficient (Wildman–Crippen LogP) is 2.36. The van der Waals surface area contributed by atoms with Crippen molar-refractivity contribution in [3.63, 3.8) is 0 Å². The molecule has 148 valence electrons. The van der Waals surface area contributed by atoms with E-state index in [1.165, 1.54) is 17.7 Å². The summed E-state index contributed by atoms with van der Waals surface area (Å²) in [6.45, 7) is 2.65. The summed E-state index contributed by atoms with van der Waals surface area (Å²) in [6.07, 6.45) is 2.39. The molecule has 3 aliphatic rings. The minimum Gasteiger partial charge on any atom is -0.477 e. The summed E-state index contributed by atoms with van der Waals surface area (Å²) in [6, 6.07) is 0.997. The van der Waals surface area contributed by atoms with Crippen LogP contribution in [0.1, 0.15) is 41.2 Å². The van der Waals surface area contributed by atoms with Gasteiger partial charge in [0.25, 0.3) is 0 Å². The molecule has 8 heteroatoms. The van der Waals surface area contributed by atoms with Crippen LogP contribution < -0.4 is 16.1 Å². The van der Waals surface area contributed by atoms with Gasteiger partial charge in [0.15, 0.2) is 0 Å². The van der Waals surface area contributed by atoms with Gasteiger partial charge in [-0.2, -0.15) is 0 Å². The second kappa shape index (κ2) is 5.53. The van der Waals surface area contributed by atoms with E-state index in [0.717, 1.165) is 12.8 Å². The molecule has 28 heavy (non-hydrogen) atoms. The lowest BCUT2D eigenvalue weighted by Gasteiger charge is -2.22. The SMILES string of the molecule is Cc1c(F)c(N2CC(N)C3(CC3)C2)cc2c1c(=O)c(C(=O)O)cn2[C@@H]1C[C@@H]1F. The summed E-state index contributed by atoms with van der Waals surface area (Å²) >= 11 is 0. The van der Waals surface area contributed by atoms with E-state index >= 15 is 4.39 Å². The number of benzene rings is 1. The average molecular weight is 389 g/mol. The number of nitrogens with zero attached hydrogens (tertiary/aromatic N) is 2. The van der Waals surface area contributed by atoms with Gasteiger partial charge in [-0.3, -0.25) is 4.79 Å². The molecule has 1 aromatic carbocycles. The number of nitrogens with two attached hydrogens (primary N) is 1. The van der Waals surface area contributed by atoms with Gasteiger partial charge in [-0.25, -0.2) is 13.6 Å². The van der Waals surface area contributed by atoms with Crippen LogP contribution in [0, 0.1) is 18.2 Å². The van der Waals surface area contributed by atoms with Gasteiger partial charge in [0, 0.05) is 42.7 Å². The lowest BCUT2D eigenvalue weighted by Crippen LogP contribution is -2.30. The first-order chi connectivity index (χ1) is 13.2. The molecule has 2 aromatic rings. The van der Waals surface area contributed by atoms with Crippen LogP contribution in [-0.4, -0.2) is 40.9 Å². The Labute approximate surface area is 159 Å². The highest BCUT2D eigenvalue weighted by Gasteiger charge is 2.54. The third-order valence-corrected chi connectivity index (χ3v) is 6.69. The summed E-state index contributed by atoms with van der Waals surface area (Å²) < 4.78 is 30.6. The number of anilines is 1. The third kappa shape index (κ3) is 2.33. The molecule has 1 aliphatic heterocycles. The molecule has 1 saturated heterocycles. The molecular weight excluding hydrogens is 368 g/mol. The number of halogens is 2. The fourth-order valence-corrected chi connectivity index (χ4v) is 4.61. The van der Waals surface area contributed by atoms with Crippen LogP contribution in [0.25, 0.3) is 10.9 Å². The number of carboxylic acid groups (broad SMARTS) is 1. The quantitative estimate of drug-likeness (QED) is 0.841. The minimum atomic E-state index is -1.40. The summed E-state index contributed by atoms with van der Waals surface area (Å²) in [7, 11) is 0. The monoisotopic (exact) mass is 389 g/mol. The Morgan fingerprint density at radius 3 is 2.61 bits per heavy atom. The van der Waals surface area contributed by atoms with E-state index in [-0.39, 0.29) is 28.8 Å². The lowest BCUT2D eigenvalue weighted by molar-refractivity contribution is 0.0694. The van der Waals surface area contributed by atoms with Crippen LogP contribution in [0.3, 0.4) is 0 Å². The molecule has 2 heterocycles. The minimum absolute atomic E-state index is 0.00452. The van der Waals surface area contributed by atoms with Crippen LogP contribution in [0.2, 0.25) is 0 Å². The zero-order valence-corrected chi connectivity index (χ0v) is 15.4. The van der Waals surface area contributed by atoms with Crippen molar-refractivity contribution in [1.82, 2.24) is 4.57 Å². The van der Waals surface area contributed by atoms with E-state index in [9.17, 15) is 19.1 Å². The number of aryl methyl sites for hydroxylation is 1. The standard InChI is InChI=1S/C20H21F2N3O3/c1-9-16-13(25(12-4-11(12)21)6-10(18(16)26)19(27)28)5-14(17(9)22)24-7-15(23)20(8-24)2-3-20/h5-6,11-12,15H,2-4,7-8,23H2,1H3,(H,27,28)/t11-,12+,15?/m0/s1. The van der Waals surface area contributed by atoms with E-state index in [4.69, 9.17) is 5.73 Å². The van der Waals surface area contributed by atoms with Crippen LogP contribution in [0.4, 0.5) is 14.5 Å². The Kier molecular flexibility index (Phi) is 3.48. The van der Waals surface area contributed by atoms with E-state index in [0.29, 0.717) is 24.3 Å². The second-order valence-corrected chi connectivity index (χ2v) is 8.48. The maximum absolute atomic E-state index is 15.3. The van der Waals surface area contributed by atoms with E-state index in [2.05, 4.69) is 0 Å². The third-order valence-electron chi connectivity index (χ3n) is 6.69. The van der Waals surface area contributed by atoms with Gasteiger partial charge in [-0.1, -0.05) is 0 Å². The maximum Gasteiger partial charge on any atom is 0.341 e. The number of carboxylic acids is 1. The fourth-order valence-electron chi connectivity index (χ4n) is 4.61. The van der Waals surface area contributed by atoms with Gasteiger partial charge in [0.1, 0.15) is 17.6 Å². The van der Waals surface area contributed by atoms with Crippen molar-refractivity contribution in [2.24, 2.45) is 11.1 Å². The lowest BCUT2D eigenvalue weighted by atomic mass is 10.0. The van der Waals surface area contributed by atoms with Crippen molar-refractivity contribution in [3.8, 4) is 0 Å². The number of hydrogen-bond acceptors (Lipinski definition) is 4. The average Bonchev–Trinajstić information content (AvgIpc) is 3.53. The molecule has 3 N–H and O–H groups in total. The number of aromatic nitrogens is 1. The molecular formula is C20H21F2N3O3. The Hall–Kier alpha value is -2.48. The molecule has 2 saturated carbocycles. The van der Waals surface area contributed by atoms with Gasteiger partial charge in [0.05, 0.1) is 22.6 Å². The summed E-state index contributed by atoms with van der Waals surface area (Å²) in [5, 5.41) is 9.38. The number of pyridine rings is 1. The highest BCUT2D eigenvalue weighted by atomic mass is 19.1. The zero-order valence-electron chi connectivity index (χ0n) is 15.4. The van der Waals surface area contributed by atoms with Crippen molar-refractivity contribution in [3.05, 3.63) is 39.4 Å². The van der Waals surface area contributed by atoms with E-state index < -0.39 is 35.0 Å². The van der Waals surface area contributed by atoms with Crippen molar-refractivity contribution in [1.29, 1.82) is 0 Å². The summed E-state index contributed by atoms with van der Waals surface area (Å²) in [4.78, 5) is 26.1. The summed E-state index contributed by atoms with van der Waals surface area (Å²) in [5.74, 6) is -1.95. The first kappa shape index (κ1) is 17.6. The summed E-state index contributed by atoms with van der Waals surface area (Å²) in [5.41, 5.74) is 5.90. The Balaban J connectivity index is 1.75. The van der Waals surface area contributed by atoms with E-state index in [1.807, 2.05) is 4.90 Å². The molecule has 1 spiro atoms. The molecule has 2 aliphatic carbocycles. The van der Waals surface area contributed by atoms with Crippen molar-refractivity contribution >= 4 is 22.6 Å². The number of aromatic carboxylic acids is 1. The second-order valence-electron chi connectivity index (χ2n) is 8.48. The van der Waals surface area contributed by atoms with Crippen molar-refractivity contribution in [2.75, 3.05) is 18.0 Å². The van der Waals surface area contributed by atoms with Gasteiger partial charge in [0.2, 0.25) is 5.43 Å². The Bertz CT molecular complexity index is 1090. The molecule has 0 bridgehead atoms.